The number of nitrogens with zero attached hydrogens (tertiary/aromatic N) is 3. The van der Waals surface area contributed by atoms with Gasteiger partial charge in [0, 0.05) is 43.5 Å². The monoisotopic (exact) mass is 341 g/mol. The number of nitrogens with two attached hydrogens (primary N) is 1. The molecule has 0 bridgehead atoms. The molecule has 7 heteroatoms. The second-order valence-corrected chi connectivity index (χ2v) is 6.46. The summed E-state index contributed by atoms with van der Waals surface area (Å²) in [5, 5.41) is 7.21. The molecule has 2 aromatic rings. The summed E-state index contributed by atoms with van der Waals surface area (Å²) in [6.07, 6.45) is 0.730. The van der Waals surface area contributed by atoms with Crippen LogP contribution in [0.5, 0.6) is 0 Å². The van der Waals surface area contributed by atoms with E-state index in [1.807, 2.05) is 50.1 Å². The minimum atomic E-state index is -0.532. The molecule has 2 amide bonds. The zero-order valence-corrected chi connectivity index (χ0v) is 14.7. The van der Waals surface area contributed by atoms with Crippen molar-refractivity contribution >= 4 is 17.5 Å². The Hall–Kier alpha value is -2.67. The van der Waals surface area contributed by atoms with Crippen LogP contribution in [0.1, 0.15) is 34.2 Å². The number of amides is 2. The van der Waals surface area contributed by atoms with E-state index in [1.165, 1.54) is 0 Å². The molecule has 132 valence electrons. The quantitative estimate of drug-likeness (QED) is 0.874. The smallest absolute Gasteiger partial charge is 0.269 e. The minimum absolute atomic E-state index is 0.0673. The van der Waals surface area contributed by atoms with E-state index in [4.69, 9.17) is 5.73 Å². The Morgan fingerprint density at radius 1 is 1.32 bits per heavy atom. The molecule has 1 aromatic heterocycles. The second-order valence-electron chi connectivity index (χ2n) is 6.46. The maximum absolute atomic E-state index is 12.6. The van der Waals surface area contributed by atoms with Gasteiger partial charge in [0.05, 0.1) is 6.04 Å². The van der Waals surface area contributed by atoms with Crippen molar-refractivity contribution in [3.8, 4) is 0 Å². The number of fused-ring (bicyclic) bond motifs is 1. The summed E-state index contributed by atoms with van der Waals surface area (Å²) in [4.78, 5) is 26.3. The van der Waals surface area contributed by atoms with Crippen molar-refractivity contribution in [2.45, 2.75) is 32.9 Å². The number of hydrogen-bond donors (Lipinski definition) is 2. The van der Waals surface area contributed by atoms with Crippen molar-refractivity contribution in [2.75, 3.05) is 11.9 Å². The highest BCUT2D eigenvalue weighted by Crippen LogP contribution is 2.24. The van der Waals surface area contributed by atoms with Gasteiger partial charge in [-0.3, -0.25) is 19.2 Å². The lowest BCUT2D eigenvalue weighted by atomic mass is 10.0. The summed E-state index contributed by atoms with van der Waals surface area (Å²) in [6, 6.07) is 7.36. The van der Waals surface area contributed by atoms with Crippen LogP contribution >= 0.6 is 0 Å². The highest BCUT2D eigenvalue weighted by Gasteiger charge is 2.30. The van der Waals surface area contributed by atoms with Gasteiger partial charge in [0.2, 0.25) is 5.91 Å². The molecule has 1 unspecified atom stereocenters. The number of carbonyl (C=O) groups excluding carboxylic acids is 2. The van der Waals surface area contributed by atoms with E-state index in [-0.39, 0.29) is 11.9 Å². The van der Waals surface area contributed by atoms with E-state index in [0.29, 0.717) is 12.2 Å². The molecule has 0 saturated carbocycles. The minimum Gasteiger partial charge on any atom is -0.364 e. The van der Waals surface area contributed by atoms with Gasteiger partial charge in [-0.1, -0.05) is 18.2 Å². The fourth-order valence-electron chi connectivity index (χ4n) is 3.26. The third-order valence-electron chi connectivity index (χ3n) is 4.84. The van der Waals surface area contributed by atoms with Gasteiger partial charge in [-0.05, 0) is 25.5 Å². The molecule has 0 spiro atoms. The largest absolute Gasteiger partial charge is 0.364 e. The molecular formula is C18H23N5O2. The molecule has 3 N–H and O–H groups in total. The fraction of sp³-hybridized carbons (Fsp3) is 0.389. The van der Waals surface area contributed by atoms with Crippen LogP contribution in [0.4, 0.5) is 5.69 Å². The Kier molecular flexibility index (Phi) is 4.59. The van der Waals surface area contributed by atoms with Gasteiger partial charge >= 0.3 is 0 Å². The lowest BCUT2D eigenvalue weighted by Gasteiger charge is -2.32. The van der Waals surface area contributed by atoms with Gasteiger partial charge in [-0.15, -0.1) is 0 Å². The number of carbonyl (C=O) groups is 2. The van der Waals surface area contributed by atoms with Crippen LogP contribution in [-0.2, 0) is 24.8 Å². The maximum atomic E-state index is 12.6. The predicted octanol–water partition coefficient (Wildman–Crippen LogP) is 1.21. The van der Waals surface area contributed by atoms with Crippen LogP contribution < -0.4 is 11.1 Å². The van der Waals surface area contributed by atoms with Gasteiger partial charge in [0.25, 0.3) is 5.91 Å². The van der Waals surface area contributed by atoms with Crippen molar-refractivity contribution in [2.24, 2.45) is 12.8 Å². The summed E-state index contributed by atoms with van der Waals surface area (Å²) in [5.41, 5.74) is 9.42. The number of aryl methyl sites for hydroxylation is 2. The first kappa shape index (κ1) is 17.2. The standard InChI is InChI=1S/C18H23N5O2/c1-11-6-4-5-7-14(11)20-18(25)12(2)23-9-8-15-13(10-23)16(17(19)24)21-22(15)3/h4-7,12H,8-10H2,1-3H3,(H2,19,24)(H,20,25). The number of benzene rings is 1. The molecular weight excluding hydrogens is 318 g/mol. The molecule has 1 aliphatic heterocycles. The number of primary amides is 1. The van der Waals surface area contributed by atoms with Gasteiger partial charge in [-0.2, -0.15) is 5.10 Å². The predicted molar refractivity (Wildman–Crippen MR) is 95.1 cm³/mol. The zero-order chi connectivity index (χ0) is 18.1. The Labute approximate surface area is 146 Å². The highest BCUT2D eigenvalue weighted by atomic mass is 16.2. The summed E-state index contributed by atoms with van der Waals surface area (Å²) < 4.78 is 1.71. The Morgan fingerprint density at radius 3 is 2.72 bits per heavy atom. The lowest BCUT2D eigenvalue weighted by molar-refractivity contribution is -0.121. The molecule has 3 rings (SSSR count). The summed E-state index contributed by atoms with van der Waals surface area (Å²) in [7, 11) is 1.81. The normalized spacial score (nSPS) is 15.5. The van der Waals surface area contributed by atoms with Crippen molar-refractivity contribution in [1.82, 2.24) is 14.7 Å². The SMILES string of the molecule is Cc1ccccc1NC(=O)C(C)N1CCc2c(c(C(N)=O)nn2C)C1. The van der Waals surface area contributed by atoms with E-state index in [1.54, 1.807) is 4.68 Å². The summed E-state index contributed by atoms with van der Waals surface area (Å²) in [5.74, 6) is -0.599. The van der Waals surface area contributed by atoms with Gasteiger partial charge in [0.1, 0.15) is 0 Å². The van der Waals surface area contributed by atoms with Crippen molar-refractivity contribution in [3.05, 3.63) is 46.8 Å². The van der Waals surface area contributed by atoms with Crippen LogP contribution in [-0.4, -0.2) is 39.1 Å². The van der Waals surface area contributed by atoms with Crippen molar-refractivity contribution in [1.29, 1.82) is 0 Å². The number of nitrogens with one attached hydrogen (secondary N) is 1. The third-order valence-corrected chi connectivity index (χ3v) is 4.84. The van der Waals surface area contributed by atoms with Crippen LogP contribution in [0, 0.1) is 6.92 Å². The van der Waals surface area contributed by atoms with Gasteiger partial charge in [0.15, 0.2) is 5.69 Å². The molecule has 1 atom stereocenters. The summed E-state index contributed by atoms with van der Waals surface area (Å²) in [6.45, 7) is 5.05. The van der Waals surface area contributed by atoms with Crippen LogP contribution in [0.3, 0.4) is 0 Å². The second kappa shape index (κ2) is 6.68. The van der Waals surface area contributed by atoms with Crippen molar-refractivity contribution in [3.63, 3.8) is 0 Å². The number of para-hydroxylation sites is 1. The van der Waals surface area contributed by atoms with E-state index >= 15 is 0 Å². The van der Waals surface area contributed by atoms with E-state index < -0.39 is 5.91 Å². The highest BCUT2D eigenvalue weighted by molar-refractivity contribution is 5.95. The van der Waals surface area contributed by atoms with Crippen LogP contribution in [0.2, 0.25) is 0 Å². The molecule has 0 radical (unpaired) electrons. The Bertz CT molecular complexity index is 827. The molecule has 7 nitrogen and oxygen atoms in total. The molecule has 2 heterocycles. The van der Waals surface area contributed by atoms with Gasteiger partial charge < -0.3 is 11.1 Å². The first-order valence-electron chi connectivity index (χ1n) is 8.33. The fourth-order valence-corrected chi connectivity index (χ4v) is 3.26. The molecule has 0 aliphatic carbocycles. The van der Waals surface area contributed by atoms with Crippen LogP contribution in [0.25, 0.3) is 0 Å². The maximum Gasteiger partial charge on any atom is 0.269 e. The average molecular weight is 341 g/mol. The van der Waals surface area contributed by atoms with E-state index in [2.05, 4.69) is 10.4 Å². The summed E-state index contributed by atoms with van der Waals surface area (Å²) >= 11 is 0. The first-order chi connectivity index (χ1) is 11.9. The molecule has 1 aromatic carbocycles. The first-order valence-corrected chi connectivity index (χ1v) is 8.33. The molecule has 25 heavy (non-hydrogen) atoms. The number of anilines is 1. The van der Waals surface area contributed by atoms with Crippen molar-refractivity contribution < 1.29 is 9.59 Å². The van der Waals surface area contributed by atoms with E-state index in [0.717, 1.165) is 35.5 Å². The van der Waals surface area contributed by atoms with Crippen LogP contribution in [0.15, 0.2) is 24.3 Å². The third kappa shape index (κ3) is 3.28. The number of aromatic nitrogens is 2. The lowest BCUT2D eigenvalue weighted by Crippen LogP contribution is -2.45. The van der Waals surface area contributed by atoms with E-state index in [9.17, 15) is 9.59 Å². The Balaban J connectivity index is 1.76. The zero-order valence-electron chi connectivity index (χ0n) is 14.7. The topological polar surface area (TPSA) is 93.2 Å². The molecule has 1 aliphatic rings. The van der Waals surface area contributed by atoms with Gasteiger partial charge in [-0.25, -0.2) is 0 Å². The molecule has 0 fully saturated rings. The average Bonchev–Trinajstić information content (AvgIpc) is 2.93. The number of hydrogen-bond acceptors (Lipinski definition) is 4. The Morgan fingerprint density at radius 2 is 2.04 bits per heavy atom. The number of rotatable bonds is 4. The molecule has 0 saturated heterocycles.